The average molecular weight is 177 g/mol. The van der Waals surface area contributed by atoms with Crippen LogP contribution < -0.4 is 0 Å². The average Bonchev–Trinajstić information content (AvgIpc) is 2.57. The highest BCUT2D eigenvalue weighted by Crippen LogP contribution is 2.07. The van der Waals surface area contributed by atoms with E-state index < -0.39 is 0 Å². The molecule has 70 valence electrons. The van der Waals surface area contributed by atoms with Crippen molar-refractivity contribution in [3.8, 4) is 6.07 Å². The summed E-state index contributed by atoms with van der Waals surface area (Å²) in [7, 11) is 0. The SMILES string of the molecule is CCc1cc(CCC#N)n(CC)n1. The van der Waals surface area contributed by atoms with Gasteiger partial charge < -0.3 is 0 Å². The topological polar surface area (TPSA) is 41.6 Å². The van der Waals surface area contributed by atoms with Crippen molar-refractivity contribution in [3.05, 3.63) is 17.5 Å². The molecule has 1 aromatic heterocycles. The van der Waals surface area contributed by atoms with Gasteiger partial charge in [-0.25, -0.2) is 0 Å². The molecule has 0 aliphatic heterocycles. The summed E-state index contributed by atoms with van der Waals surface area (Å²) < 4.78 is 1.98. The van der Waals surface area contributed by atoms with Crippen LogP contribution in [0.1, 0.15) is 31.7 Å². The van der Waals surface area contributed by atoms with Crippen LogP contribution in [0.25, 0.3) is 0 Å². The second-order valence-corrected chi connectivity index (χ2v) is 2.95. The van der Waals surface area contributed by atoms with E-state index in [1.54, 1.807) is 0 Å². The van der Waals surface area contributed by atoms with E-state index in [-0.39, 0.29) is 0 Å². The number of rotatable bonds is 4. The van der Waals surface area contributed by atoms with Crippen molar-refractivity contribution in [1.82, 2.24) is 9.78 Å². The van der Waals surface area contributed by atoms with Crippen LogP contribution in [0.15, 0.2) is 6.07 Å². The molecule has 0 atom stereocenters. The normalized spacial score (nSPS) is 9.92. The Kier molecular flexibility index (Phi) is 3.51. The minimum atomic E-state index is 0.578. The summed E-state index contributed by atoms with van der Waals surface area (Å²) in [6.45, 7) is 5.06. The van der Waals surface area contributed by atoms with Gasteiger partial charge in [-0.15, -0.1) is 0 Å². The monoisotopic (exact) mass is 177 g/mol. The van der Waals surface area contributed by atoms with E-state index in [1.807, 2.05) is 4.68 Å². The molecule has 0 saturated heterocycles. The fourth-order valence-corrected chi connectivity index (χ4v) is 1.35. The van der Waals surface area contributed by atoms with Crippen molar-refractivity contribution < 1.29 is 0 Å². The minimum Gasteiger partial charge on any atom is -0.270 e. The zero-order valence-corrected chi connectivity index (χ0v) is 8.25. The van der Waals surface area contributed by atoms with Gasteiger partial charge in [0, 0.05) is 25.1 Å². The predicted octanol–water partition coefficient (Wildman–Crippen LogP) is 1.92. The smallest absolute Gasteiger partial charge is 0.0625 e. The molecule has 3 heteroatoms. The number of aromatic nitrogens is 2. The number of nitriles is 1. The summed E-state index contributed by atoms with van der Waals surface area (Å²) >= 11 is 0. The molecule has 0 aromatic carbocycles. The molecule has 0 radical (unpaired) electrons. The Morgan fingerprint density at radius 3 is 2.85 bits per heavy atom. The van der Waals surface area contributed by atoms with Gasteiger partial charge in [0.2, 0.25) is 0 Å². The largest absolute Gasteiger partial charge is 0.270 e. The Bertz CT molecular complexity index is 306. The Hall–Kier alpha value is -1.30. The summed E-state index contributed by atoms with van der Waals surface area (Å²) in [5.74, 6) is 0. The predicted molar refractivity (Wildman–Crippen MR) is 51.2 cm³/mol. The van der Waals surface area contributed by atoms with Crippen molar-refractivity contribution >= 4 is 0 Å². The van der Waals surface area contributed by atoms with E-state index in [0.29, 0.717) is 6.42 Å². The first-order chi connectivity index (χ1) is 6.31. The first kappa shape index (κ1) is 9.79. The fourth-order valence-electron chi connectivity index (χ4n) is 1.35. The van der Waals surface area contributed by atoms with Crippen LogP contribution in [0.4, 0.5) is 0 Å². The third-order valence-corrected chi connectivity index (χ3v) is 2.07. The lowest BCUT2D eigenvalue weighted by Gasteiger charge is -2.00. The quantitative estimate of drug-likeness (QED) is 0.705. The van der Waals surface area contributed by atoms with Crippen molar-refractivity contribution in [2.24, 2.45) is 0 Å². The van der Waals surface area contributed by atoms with Crippen LogP contribution in [0.2, 0.25) is 0 Å². The van der Waals surface area contributed by atoms with Crippen LogP contribution in [-0.2, 0) is 19.4 Å². The van der Waals surface area contributed by atoms with E-state index in [9.17, 15) is 0 Å². The van der Waals surface area contributed by atoms with Crippen molar-refractivity contribution in [2.75, 3.05) is 0 Å². The van der Waals surface area contributed by atoms with Gasteiger partial charge in [0.25, 0.3) is 0 Å². The molecule has 0 saturated carbocycles. The second kappa shape index (κ2) is 4.66. The molecule has 0 aliphatic rings. The van der Waals surface area contributed by atoms with Crippen LogP contribution in [0, 0.1) is 11.3 Å². The second-order valence-electron chi connectivity index (χ2n) is 2.95. The summed E-state index contributed by atoms with van der Waals surface area (Å²) in [6.07, 6.45) is 2.36. The Morgan fingerprint density at radius 2 is 2.31 bits per heavy atom. The molecule has 0 aliphatic carbocycles. The first-order valence-electron chi connectivity index (χ1n) is 4.74. The van der Waals surface area contributed by atoms with Crippen LogP contribution in [-0.4, -0.2) is 9.78 Å². The van der Waals surface area contributed by atoms with Crippen molar-refractivity contribution in [1.29, 1.82) is 5.26 Å². The van der Waals surface area contributed by atoms with Crippen LogP contribution >= 0.6 is 0 Å². The zero-order valence-electron chi connectivity index (χ0n) is 8.25. The summed E-state index contributed by atoms with van der Waals surface area (Å²) in [4.78, 5) is 0. The third-order valence-electron chi connectivity index (χ3n) is 2.07. The molecule has 3 nitrogen and oxygen atoms in total. The highest BCUT2D eigenvalue weighted by molar-refractivity contribution is 5.11. The molecule has 0 spiro atoms. The first-order valence-corrected chi connectivity index (χ1v) is 4.74. The lowest BCUT2D eigenvalue weighted by molar-refractivity contribution is 0.613. The lowest BCUT2D eigenvalue weighted by Crippen LogP contribution is -2.02. The van der Waals surface area contributed by atoms with Gasteiger partial charge in [-0.2, -0.15) is 10.4 Å². The van der Waals surface area contributed by atoms with E-state index >= 15 is 0 Å². The van der Waals surface area contributed by atoms with E-state index in [2.05, 4.69) is 31.1 Å². The highest BCUT2D eigenvalue weighted by atomic mass is 15.3. The van der Waals surface area contributed by atoms with Crippen LogP contribution in [0.3, 0.4) is 0 Å². The van der Waals surface area contributed by atoms with Gasteiger partial charge in [-0.1, -0.05) is 6.92 Å². The molecule has 0 unspecified atom stereocenters. The van der Waals surface area contributed by atoms with Gasteiger partial charge in [0.1, 0.15) is 0 Å². The van der Waals surface area contributed by atoms with Gasteiger partial charge >= 0.3 is 0 Å². The van der Waals surface area contributed by atoms with E-state index in [1.165, 1.54) is 5.69 Å². The molecular formula is C10H15N3. The molecule has 13 heavy (non-hydrogen) atoms. The molecule has 1 heterocycles. The van der Waals surface area contributed by atoms with Crippen molar-refractivity contribution in [3.63, 3.8) is 0 Å². The third kappa shape index (κ3) is 2.32. The highest BCUT2D eigenvalue weighted by Gasteiger charge is 2.04. The summed E-state index contributed by atoms with van der Waals surface area (Å²) in [6, 6.07) is 4.25. The minimum absolute atomic E-state index is 0.578. The maximum absolute atomic E-state index is 8.48. The lowest BCUT2D eigenvalue weighted by atomic mass is 10.2. The molecule has 0 N–H and O–H groups in total. The molecule has 0 amide bonds. The maximum Gasteiger partial charge on any atom is 0.0625 e. The van der Waals surface area contributed by atoms with Gasteiger partial charge in [0.15, 0.2) is 0 Å². The molecule has 1 aromatic rings. The van der Waals surface area contributed by atoms with E-state index in [4.69, 9.17) is 5.26 Å². The van der Waals surface area contributed by atoms with Gasteiger partial charge in [-0.3, -0.25) is 4.68 Å². The molecule has 0 fully saturated rings. The van der Waals surface area contributed by atoms with Gasteiger partial charge in [0.05, 0.1) is 11.8 Å². The number of aryl methyl sites for hydroxylation is 3. The van der Waals surface area contributed by atoms with E-state index in [0.717, 1.165) is 25.1 Å². The zero-order chi connectivity index (χ0) is 9.68. The Balaban J connectivity index is 2.79. The summed E-state index contributed by atoms with van der Waals surface area (Å²) in [5, 5.41) is 12.9. The maximum atomic E-state index is 8.48. The standard InChI is InChI=1S/C10H15N3/c1-3-9-8-10(6-5-7-11)13(4-2)12-9/h8H,3-6H2,1-2H3. The summed E-state index contributed by atoms with van der Waals surface area (Å²) in [5.41, 5.74) is 2.30. The number of hydrogen-bond acceptors (Lipinski definition) is 2. The molecular weight excluding hydrogens is 162 g/mol. The molecule has 0 bridgehead atoms. The fraction of sp³-hybridized carbons (Fsp3) is 0.600. The molecule has 1 rings (SSSR count). The van der Waals surface area contributed by atoms with Crippen molar-refractivity contribution in [2.45, 2.75) is 39.7 Å². The Labute approximate surface area is 79.0 Å². The van der Waals surface area contributed by atoms with Gasteiger partial charge in [-0.05, 0) is 19.4 Å². The Morgan fingerprint density at radius 1 is 1.54 bits per heavy atom. The van der Waals surface area contributed by atoms with Crippen LogP contribution in [0.5, 0.6) is 0 Å². The number of nitrogens with zero attached hydrogens (tertiary/aromatic N) is 3. The number of hydrogen-bond donors (Lipinski definition) is 0.